The summed E-state index contributed by atoms with van der Waals surface area (Å²) in [5.74, 6) is -0.101. The van der Waals surface area contributed by atoms with Crippen molar-refractivity contribution < 1.29 is 24.5 Å². The fraction of sp³-hybridized carbons (Fsp3) is 0.915. The third kappa shape index (κ3) is 40.1. The van der Waals surface area contributed by atoms with Crippen LogP contribution in [0, 0.1) is 0 Å². The van der Waals surface area contributed by atoms with E-state index in [2.05, 4.69) is 19.2 Å². The first-order valence-corrected chi connectivity index (χ1v) is 23.5. The molecule has 0 radical (unpaired) electrons. The lowest BCUT2D eigenvalue weighted by atomic mass is 10.0. The van der Waals surface area contributed by atoms with E-state index in [9.17, 15) is 19.8 Å². The number of esters is 1. The fourth-order valence-corrected chi connectivity index (χ4v) is 7.16. The molecule has 6 nitrogen and oxygen atoms in total. The van der Waals surface area contributed by atoms with E-state index in [1.165, 1.54) is 167 Å². The molecule has 314 valence electrons. The number of carbonyl (C=O) groups excluding carboxylic acids is 2. The van der Waals surface area contributed by atoms with Gasteiger partial charge in [0.2, 0.25) is 5.91 Å². The van der Waals surface area contributed by atoms with Gasteiger partial charge in [-0.05, 0) is 32.1 Å². The standard InChI is InChI=1S/C47H91NO5/c1-3-5-7-9-11-13-15-16-17-21-25-29-33-37-41-47(52)53-42-38-34-30-26-22-18-20-24-28-32-36-40-46(51)48-44(43-49)45(50)39-35-31-27-23-19-14-12-10-8-6-4-2/h35,39,44-45,49-50H,3-34,36-38,40-43H2,1-2H3,(H,48,51)/b39-35+. The molecule has 0 spiro atoms. The zero-order chi connectivity index (χ0) is 38.7. The number of amides is 1. The Labute approximate surface area is 329 Å². The Morgan fingerprint density at radius 1 is 0.509 bits per heavy atom. The molecule has 1 amide bonds. The van der Waals surface area contributed by atoms with Crippen molar-refractivity contribution in [2.24, 2.45) is 0 Å². The van der Waals surface area contributed by atoms with Crippen molar-refractivity contribution >= 4 is 11.9 Å². The third-order valence-corrected chi connectivity index (χ3v) is 10.8. The van der Waals surface area contributed by atoms with Gasteiger partial charge in [-0.15, -0.1) is 0 Å². The molecular weight excluding hydrogens is 659 g/mol. The normalized spacial score (nSPS) is 12.8. The van der Waals surface area contributed by atoms with Crippen LogP contribution in [0.3, 0.4) is 0 Å². The maximum absolute atomic E-state index is 12.4. The van der Waals surface area contributed by atoms with Gasteiger partial charge >= 0.3 is 5.97 Å². The SMILES string of the molecule is CCCCCCCCCCC/C=C/C(O)C(CO)NC(=O)CCCCCCCCCCCCCOC(=O)CCCCCCCCCCCCCCCC. The summed E-state index contributed by atoms with van der Waals surface area (Å²) < 4.78 is 5.45. The van der Waals surface area contributed by atoms with Crippen molar-refractivity contribution in [1.29, 1.82) is 0 Å². The van der Waals surface area contributed by atoms with Gasteiger partial charge in [-0.25, -0.2) is 0 Å². The van der Waals surface area contributed by atoms with Crippen LogP contribution >= 0.6 is 0 Å². The highest BCUT2D eigenvalue weighted by molar-refractivity contribution is 5.76. The van der Waals surface area contributed by atoms with Crippen LogP contribution in [0.25, 0.3) is 0 Å². The van der Waals surface area contributed by atoms with Crippen molar-refractivity contribution in [2.75, 3.05) is 13.2 Å². The molecule has 2 unspecified atom stereocenters. The minimum Gasteiger partial charge on any atom is -0.466 e. The highest BCUT2D eigenvalue weighted by Crippen LogP contribution is 2.15. The highest BCUT2D eigenvalue weighted by atomic mass is 16.5. The Bertz CT molecular complexity index is 787. The van der Waals surface area contributed by atoms with E-state index in [-0.39, 0.29) is 18.5 Å². The van der Waals surface area contributed by atoms with Gasteiger partial charge in [0.1, 0.15) is 0 Å². The van der Waals surface area contributed by atoms with Gasteiger partial charge in [0, 0.05) is 12.8 Å². The summed E-state index contributed by atoms with van der Waals surface area (Å²) in [6.07, 6.45) is 47.7. The quantitative estimate of drug-likeness (QED) is 0.0328. The molecule has 0 fully saturated rings. The minimum atomic E-state index is -0.853. The molecule has 3 N–H and O–H groups in total. The molecule has 0 rings (SSSR count). The average Bonchev–Trinajstić information content (AvgIpc) is 3.16. The summed E-state index contributed by atoms with van der Waals surface area (Å²) in [5, 5.41) is 22.9. The second-order valence-electron chi connectivity index (χ2n) is 16.1. The number of rotatable bonds is 43. The van der Waals surface area contributed by atoms with Crippen molar-refractivity contribution in [2.45, 2.75) is 264 Å². The number of aliphatic hydroxyl groups is 2. The summed E-state index contributed by atoms with van der Waals surface area (Å²) in [7, 11) is 0. The molecule has 0 aromatic heterocycles. The van der Waals surface area contributed by atoms with Crippen molar-refractivity contribution in [3.8, 4) is 0 Å². The second kappa shape index (κ2) is 43.3. The van der Waals surface area contributed by atoms with Crippen LogP contribution in [0.15, 0.2) is 12.2 Å². The van der Waals surface area contributed by atoms with Crippen molar-refractivity contribution in [1.82, 2.24) is 5.32 Å². The number of nitrogens with one attached hydrogen (secondary N) is 1. The van der Waals surface area contributed by atoms with E-state index in [1.54, 1.807) is 6.08 Å². The Kier molecular flexibility index (Phi) is 42.2. The number of aliphatic hydroxyl groups excluding tert-OH is 2. The van der Waals surface area contributed by atoms with Gasteiger partial charge in [0.25, 0.3) is 0 Å². The van der Waals surface area contributed by atoms with Crippen LogP contribution < -0.4 is 5.32 Å². The summed E-state index contributed by atoms with van der Waals surface area (Å²) in [6, 6.07) is -0.638. The van der Waals surface area contributed by atoms with Crippen LogP contribution in [-0.4, -0.2) is 47.4 Å². The minimum absolute atomic E-state index is 0.0137. The lowest BCUT2D eigenvalue weighted by Crippen LogP contribution is -2.45. The van der Waals surface area contributed by atoms with Gasteiger partial charge in [-0.2, -0.15) is 0 Å². The van der Waals surface area contributed by atoms with E-state index in [0.717, 1.165) is 57.8 Å². The van der Waals surface area contributed by atoms with Gasteiger partial charge < -0.3 is 20.3 Å². The predicted octanol–water partition coefficient (Wildman–Crippen LogP) is 13.4. The van der Waals surface area contributed by atoms with E-state index in [1.807, 2.05) is 6.08 Å². The number of carbonyl (C=O) groups is 2. The number of ether oxygens (including phenoxy) is 1. The van der Waals surface area contributed by atoms with Gasteiger partial charge in [0.05, 0.1) is 25.4 Å². The lowest BCUT2D eigenvalue weighted by molar-refractivity contribution is -0.143. The molecule has 2 atom stereocenters. The van der Waals surface area contributed by atoms with Gasteiger partial charge in [-0.3, -0.25) is 9.59 Å². The molecule has 0 bridgehead atoms. The van der Waals surface area contributed by atoms with Gasteiger partial charge in [-0.1, -0.05) is 219 Å². The molecule has 0 aliphatic carbocycles. The summed E-state index contributed by atoms with van der Waals surface area (Å²) in [6.45, 7) is 4.84. The number of unbranched alkanes of at least 4 members (excludes halogenated alkanes) is 32. The molecule has 0 aromatic rings. The average molecular weight is 750 g/mol. The first kappa shape index (κ1) is 51.6. The molecular formula is C47H91NO5. The topological polar surface area (TPSA) is 95.9 Å². The molecule has 6 heteroatoms. The molecule has 53 heavy (non-hydrogen) atoms. The summed E-state index contributed by atoms with van der Waals surface area (Å²) in [4.78, 5) is 24.4. The molecule has 0 heterocycles. The number of hydrogen-bond acceptors (Lipinski definition) is 5. The molecule has 0 aliphatic rings. The maximum Gasteiger partial charge on any atom is 0.305 e. The van der Waals surface area contributed by atoms with Crippen LogP contribution in [0.2, 0.25) is 0 Å². The zero-order valence-electron chi connectivity index (χ0n) is 35.5. The molecule has 0 aromatic carbocycles. The zero-order valence-corrected chi connectivity index (χ0v) is 35.5. The first-order valence-electron chi connectivity index (χ1n) is 23.5. The molecule has 0 aliphatic heterocycles. The van der Waals surface area contributed by atoms with Gasteiger partial charge in [0.15, 0.2) is 0 Å². The Morgan fingerprint density at radius 2 is 0.868 bits per heavy atom. The largest absolute Gasteiger partial charge is 0.466 e. The monoisotopic (exact) mass is 750 g/mol. The van der Waals surface area contributed by atoms with E-state index < -0.39 is 12.1 Å². The van der Waals surface area contributed by atoms with E-state index >= 15 is 0 Å². The van der Waals surface area contributed by atoms with Crippen molar-refractivity contribution in [3.05, 3.63) is 12.2 Å². The Hall–Kier alpha value is -1.40. The summed E-state index contributed by atoms with van der Waals surface area (Å²) in [5.41, 5.74) is 0. The smallest absolute Gasteiger partial charge is 0.305 e. The van der Waals surface area contributed by atoms with Crippen LogP contribution in [0.5, 0.6) is 0 Å². The maximum atomic E-state index is 12.4. The summed E-state index contributed by atoms with van der Waals surface area (Å²) >= 11 is 0. The van der Waals surface area contributed by atoms with Crippen LogP contribution in [0.4, 0.5) is 0 Å². The Balaban J connectivity index is 3.48. The molecule has 0 saturated heterocycles. The number of hydrogen-bond donors (Lipinski definition) is 3. The van der Waals surface area contributed by atoms with E-state index in [4.69, 9.17) is 4.74 Å². The van der Waals surface area contributed by atoms with Crippen LogP contribution in [-0.2, 0) is 14.3 Å². The Morgan fingerprint density at radius 3 is 1.28 bits per heavy atom. The fourth-order valence-electron chi connectivity index (χ4n) is 7.16. The van der Waals surface area contributed by atoms with Crippen molar-refractivity contribution in [3.63, 3.8) is 0 Å². The third-order valence-electron chi connectivity index (χ3n) is 10.8. The second-order valence-corrected chi connectivity index (χ2v) is 16.1. The van der Waals surface area contributed by atoms with E-state index in [0.29, 0.717) is 19.4 Å². The predicted molar refractivity (Wildman–Crippen MR) is 227 cm³/mol. The first-order chi connectivity index (χ1) is 26.0. The lowest BCUT2D eigenvalue weighted by Gasteiger charge is -2.20. The van der Waals surface area contributed by atoms with Crippen LogP contribution in [0.1, 0.15) is 251 Å². The highest BCUT2D eigenvalue weighted by Gasteiger charge is 2.18. The number of allylic oxidation sites excluding steroid dienone is 1. The molecule has 0 saturated carbocycles.